The molecular weight excluding hydrogens is 500 g/mol. The van der Waals surface area contributed by atoms with Crippen molar-refractivity contribution in [2.75, 3.05) is 24.6 Å². The normalized spacial score (nSPS) is 25.6. The van der Waals surface area contributed by atoms with Gasteiger partial charge < -0.3 is 30.6 Å². The van der Waals surface area contributed by atoms with Gasteiger partial charge in [0.2, 0.25) is 0 Å². The average molecular weight is 531 g/mol. The molecule has 1 spiro atoms. The molecule has 5 N–H and O–H groups in total. The largest absolute Gasteiger partial charge is 0.393 e. The minimum absolute atomic E-state index is 0.0238. The molecule has 0 amide bonds. The van der Waals surface area contributed by atoms with Crippen molar-refractivity contribution in [1.29, 1.82) is 0 Å². The highest BCUT2D eigenvalue weighted by Crippen LogP contribution is 2.42. The van der Waals surface area contributed by atoms with Gasteiger partial charge in [-0.15, -0.1) is 0 Å². The van der Waals surface area contributed by atoms with E-state index in [-0.39, 0.29) is 30.3 Å². The number of pyridine rings is 1. The van der Waals surface area contributed by atoms with E-state index in [1.54, 1.807) is 6.20 Å². The zero-order valence-corrected chi connectivity index (χ0v) is 21.8. The van der Waals surface area contributed by atoms with E-state index in [0.29, 0.717) is 34.7 Å². The molecule has 3 aromatic rings. The molecule has 5 heterocycles. The van der Waals surface area contributed by atoms with Crippen molar-refractivity contribution in [3.05, 3.63) is 34.4 Å². The van der Waals surface area contributed by atoms with Gasteiger partial charge in [-0.05, 0) is 38.7 Å². The Morgan fingerprint density at radius 2 is 2.14 bits per heavy atom. The summed E-state index contributed by atoms with van der Waals surface area (Å²) in [6, 6.07) is 2.03. The smallest absolute Gasteiger partial charge is 0.152 e. The average Bonchev–Trinajstić information content (AvgIpc) is 3.36. The lowest BCUT2D eigenvalue weighted by atomic mass is 9.73. The van der Waals surface area contributed by atoms with E-state index in [1.807, 2.05) is 13.0 Å². The number of aromatic nitrogens is 4. The number of ether oxygens (including phenoxy) is 1. The molecule has 11 heteroatoms. The number of nitrogens with two attached hydrogens (primary N) is 1. The third-order valence-corrected chi connectivity index (χ3v) is 9.45. The van der Waals surface area contributed by atoms with Gasteiger partial charge in [0, 0.05) is 42.2 Å². The molecule has 1 unspecified atom stereocenters. The number of nitrogens with one attached hydrogen (secondary N) is 1. The van der Waals surface area contributed by atoms with Crippen molar-refractivity contribution in [1.82, 2.24) is 19.9 Å². The Balaban J connectivity index is 1.21. The minimum Gasteiger partial charge on any atom is -0.393 e. The zero-order valence-electron chi connectivity index (χ0n) is 20.2. The van der Waals surface area contributed by atoms with Crippen molar-refractivity contribution in [2.45, 2.75) is 73.8 Å². The van der Waals surface area contributed by atoms with Gasteiger partial charge in [0.1, 0.15) is 15.9 Å². The maximum Gasteiger partial charge on any atom is 0.152 e. The van der Waals surface area contributed by atoms with Gasteiger partial charge in [-0.2, -0.15) is 0 Å². The molecule has 2 saturated heterocycles. The third-order valence-electron chi connectivity index (χ3n) is 8.12. The first-order chi connectivity index (χ1) is 17.4. The number of aliphatic hydroxyl groups is 2. The predicted octanol–water partition coefficient (Wildman–Crippen LogP) is 2.83. The Morgan fingerprint density at radius 1 is 1.33 bits per heavy atom. The van der Waals surface area contributed by atoms with Crippen molar-refractivity contribution in [3.8, 4) is 0 Å². The molecule has 0 aromatic carbocycles. The lowest BCUT2D eigenvalue weighted by molar-refractivity contribution is 0.0973. The molecule has 36 heavy (non-hydrogen) atoms. The topological polar surface area (TPSA) is 133 Å². The molecule has 3 aliphatic rings. The van der Waals surface area contributed by atoms with E-state index in [1.165, 1.54) is 11.8 Å². The van der Waals surface area contributed by atoms with Crippen LogP contribution in [0.5, 0.6) is 0 Å². The number of halogens is 1. The second kappa shape index (κ2) is 9.41. The zero-order chi connectivity index (χ0) is 25.0. The quantitative estimate of drug-likeness (QED) is 0.376. The number of hydrogen-bond acceptors (Lipinski definition) is 9. The molecular formula is C25H31ClN6O3S. The number of aliphatic hydroxyl groups excluding tert-OH is 2. The summed E-state index contributed by atoms with van der Waals surface area (Å²) in [5, 5.41) is 21.2. The van der Waals surface area contributed by atoms with E-state index in [2.05, 4.69) is 14.9 Å². The van der Waals surface area contributed by atoms with Gasteiger partial charge >= 0.3 is 0 Å². The van der Waals surface area contributed by atoms with Crippen molar-refractivity contribution in [3.63, 3.8) is 0 Å². The van der Waals surface area contributed by atoms with E-state index in [4.69, 9.17) is 32.0 Å². The number of fused-ring (bicyclic) bond motifs is 3. The van der Waals surface area contributed by atoms with Crippen LogP contribution in [-0.4, -0.2) is 68.1 Å². The number of H-pyrrole nitrogens is 1. The monoisotopic (exact) mass is 530 g/mol. The van der Waals surface area contributed by atoms with Crippen molar-refractivity contribution < 1.29 is 14.9 Å². The first-order valence-electron chi connectivity index (χ1n) is 12.5. The fraction of sp³-hybridized carbons (Fsp3) is 0.560. The maximum absolute atomic E-state index is 10.1. The Morgan fingerprint density at radius 3 is 2.86 bits per heavy atom. The van der Waals surface area contributed by atoms with Crippen LogP contribution in [0, 0.1) is 5.41 Å². The van der Waals surface area contributed by atoms with E-state index in [9.17, 15) is 10.2 Å². The summed E-state index contributed by atoms with van der Waals surface area (Å²) in [6.45, 7) is 4.16. The van der Waals surface area contributed by atoms with Gasteiger partial charge in [-0.25, -0.2) is 15.0 Å². The molecule has 9 nitrogen and oxygen atoms in total. The minimum atomic E-state index is -0.339. The SMILES string of the molecule is C[C@@H]1OCC2(CCN(c3ncc(Sc4cc5[nH]c6c(c5nc4Cl)CC(O)CC6)nc3CO)CC2)[C@@H]1N. The van der Waals surface area contributed by atoms with Gasteiger partial charge in [0.25, 0.3) is 0 Å². The van der Waals surface area contributed by atoms with Crippen LogP contribution < -0.4 is 10.6 Å². The van der Waals surface area contributed by atoms with Crippen molar-refractivity contribution >= 4 is 40.2 Å². The second-order valence-corrected chi connectivity index (χ2v) is 11.7. The first kappa shape index (κ1) is 24.4. The number of piperidine rings is 1. The maximum atomic E-state index is 10.1. The van der Waals surface area contributed by atoms with E-state index >= 15 is 0 Å². The van der Waals surface area contributed by atoms with Crippen LogP contribution in [0.1, 0.15) is 43.1 Å². The summed E-state index contributed by atoms with van der Waals surface area (Å²) in [4.78, 5) is 20.4. The Kier molecular flexibility index (Phi) is 6.38. The van der Waals surface area contributed by atoms with Gasteiger partial charge in [0.15, 0.2) is 5.82 Å². The number of anilines is 1. The van der Waals surface area contributed by atoms with Crippen LogP contribution in [0.15, 0.2) is 22.2 Å². The highest BCUT2D eigenvalue weighted by Gasteiger charge is 2.47. The number of hydrogen-bond donors (Lipinski definition) is 4. The van der Waals surface area contributed by atoms with E-state index < -0.39 is 0 Å². The molecule has 0 saturated carbocycles. The highest BCUT2D eigenvalue weighted by molar-refractivity contribution is 7.99. The lowest BCUT2D eigenvalue weighted by Crippen LogP contribution is -2.51. The third kappa shape index (κ3) is 4.17. The second-order valence-electron chi connectivity index (χ2n) is 10.3. The summed E-state index contributed by atoms with van der Waals surface area (Å²) < 4.78 is 5.84. The highest BCUT2D eigenvalue weighted by atomic mass is 35.5. The Hall–Kier alpha value is -1.95. The molecule has 2 fully saturated rings. The Labute approximate surface area is 218 Å². The molecule has 6 rings (SSSR count). The molecule has 0 radical (unpaired) electrons. The van der Waals surface area contributed by atoms with Crippen LogP contribution in [0.2, 0.25) is 5.15 Å². The fourth-order valence-electron chi connectivity index (χ4n) is 5.90. The number of rotatable bonds is 4. The molecule has 3 atom stereocenters. The molecule has 3 aromatic heterocycles. The van der Waals surface area contributed by atoms with Crippen LogP contribution in [0.25, 0.3) is 11.0 Å². The summed E-state index contributed by atoms with van der Waals surface area (Å²) >= 11 is 7.94. The van der Waals surface area contributed by atoms with Gasteiger partial charge in [-0.3, -0.25) is 0 Å². The van der Waals surface area contributed by atoms with Crippen LogP contribution in [0.3, 0.4) is 0 Å². The molecule has 2 aliphatic heterocycles. The Bertz CT molecular complexity index is 1290. The van der Waals surface area contributed by atoms with Crippen LogP contribution >= 0.6 is 23.4 Å². The molecule has 192 valence electrons. The standard InChI is InChI=1S/C25H31ClN6O3S/c1-13-22(27)25(12-35-13)4-6-32(7-5-25)24-18(11-33)30-20(10-28-24)36-19-9-17-21(31-23(19)26)15-8-14(34)2-3-16(15)29-17/h9-10,13-14,22,29,33-34H,2-8,11-12,27H2,1H3/t13-,14?,22+/m0/s1. The molecule has 1 aliphatic carbocycles. The van der Waals surface area contributed by atoms with Crippen molar-refractivity contribution in [2.24, 2.45) is 11.1 Å². The predicted molar refractivity (Wildman–Crippen MR) is 138 cm³/mol. The summed E-state index contributed by atoms with van der Waals surface area (Å²) in [7, 11) is 0. The summed E-state index contributed by atoms with van der Waals surface area (Å²) in [5.41, 5.74) is 10.9. The van der Waals surface area contributed by atoms with E-state index in [0.717, 1.165) is 66.0 Å². The molecule has 0 bridgehead atoms. The summed E-state index contributed by atoms with van der Waals surface area (Å²) in [6.07, 6.45) is 5.48. The van der Waals surface area contributed by atoms with Crippen LogP contribution in [-0.2, 0) is 24.2 Å². The lowest BCUT2D eigenvalue weighted by Gasteiger charge is -2.41. The first-order valence-corrected chi connectivity index (χ1v) is 13.7. The van der Waals surface area contributed by atoms with Gasteiger partial charge in [0.05, 0.1) is 47.5 Å². The van der Waals surface area contributed by atoms with Crippen LogP contribution in [0.4, 0.5) is 5.82 Å². The number of nitrogens with zero attached hydrogens (tertiary/aromatic N) is 4. The summed E-state index contributed by atoms with van der Waals surface area (Å²) in [5.74, 6) is 0.715. The number of aryl methyl sites for hydroxylation is 1. The fourth-order valence-corrected chi connectivity index (χ4v) is 6.95. The van der Waals surface area contributed by atoms with Gasteiger partial charge in [-0.1, -0.05) is 23.4 Å². The number of aromatic amines is 1.